The highest BCUT2D eigenvalue weighted by molar-refractivity contribution is 6.31. The molecule has 5 heteroatoms. The van der Waals surface area contributed by atoms with Crippen LogP contribution in [0, 0.1) is 17.1 Å². The molecular weight excluding hydrogens is 293 g/mol. The molecule has 0 spiro atoms. The number of benzene rings is 1. The van der Waals surface area contributed by atoms with Crippen LogP contribution in [0.25, 0.3) is 5.57 Å². The van der Waals surface area contributed by atoms with E-state index in [1.165, 1.54) is 6.07 Å². The van der Waals surface area contributed by atoms with Gasteiger partial charge in [-0.3, -0.25) is 4.99 Å². The molecule has 1 atom stereocenters. The summed E-state index contributed by atoms with van der Waals surface area (Å²) in [5.74, 6) is 0.360. The van der Waals surface area contributed by atoms with E-state index in [0.29, 0.717) is 17.8 Å². The van der Waals surface area contributed by atoms with Crippen molar-refractivity contribution in [3.05, 3.63) is 47.3 Å². The molecule has 2 aliphatic rings. The molecule has 120 valence electrons. The van der Waals surface area contributed by atoms with E-state index in [1.807, 2.05) is 13.1 Å². The molecular formula is C18H20FN3O. The van der Waals surface area contributed by atoms with Crippen molar-refractivity contribution >= 4 is 17.1 Å². The van der Waals surface area contributed by atoms with Gasteiger partial charge in [0.25, 0.3) is 0 Å². The second kappa shape index (κ2) is 5.99. The standard InChI is InChI=1S/C18H20FN3O/c1-3-11-10-22(2)18-17(14(20)5-4-8-21-18)16(11)13-7-6-12(19)9-15(13)23/h4-7,9,11,20,23H,3,8,10H2,1-2H3. The number of hydrogen-bond acceptors (Lipinski definition) is 4. The van der Waals surface area contributed by atoms with E-state index in [2.05, 4.69) is 16.8 Å². The van der Waals surface area contributed by atoms with Crippen LogP contribution in [0.15, 0.2) is 40.9 Å². The number of aromatic hydroxyl groups is 1. The van der Waals surface area contributed by atoms with Crippen molar-refractivity contribution in [1.82, 2.24) is 4.90 Å². The van der Waals surface area contributed by atoms with E-state index in [9.17, 15) is 9.50 Å². The molecule has 1 aromatic carbocycles. The van der Waals surface area contributed by atoms with Crippen LogP contribution in [0.5, 0.6) is 5.75 Å². The summed E-state index contributed by atoms with van der Waals surface area (Å²) in [6.45, 7) is 3.38. The lowest BCUT2D eigenvalue weighted by molar-refractivity contribution is 0.418. The summed E-state index contributed by atoms with van der Waals surface area (Å²) in [4.78, 5) is 6.63. The number of likely N-dealkylation sites (N-methyl/N-ethyl adjacent to an activating group) is 1. The Balaban J connectivity index is 2.30. The first-order valence-electron chi connectivity index (χ1n) is 7.77. The average Bonchev–Trinajstić information content (AvgIpc) is 2.71. The minimum absolute atomic E-state index is 0.0871. The van der Waals surface area contributed by atoms with Crippen LogP contribution in [0.3, 0.4) is 0 Å². The van der Waals surface area contributed by atoms with Crippen LogP contribution < -0.4 is 0 Å². The Morgan fingerprint density at radius 3 is 2.91 bits per heavy atom. The first-order chi connectivity index (χ1) is 11.0. The second-order valence-electron chi connectivity index (χ2n) is 5.92. The van der Waals surface area contributed by atoms with Gasteiger partial charge in [0.05, 0.1) is 12.3 Å². The monoisotopic (exact) mass is 313 g/mol. The second-order valence-corrected chi connectivity index (χ2v) is 5.92. The lowest BCUT2D eigenvalue weighted by atomic mass is 9.81. The molecule has 0 aromatic heterocycles. The Hall–Kier alpha value is -2.43. The van der Waals surface area contributed by atoms with Crippen molar-refractivity contribution in [3.63, 3.8) is 0 Å². The Bertz CT molecular complexity index is 749. The first-order valence-corrected chi connectivity index (χ1v) is 7.77. The number of aliphatic imine (C=N–C) groups is 1. The highest BCUT2D eigenvalue weighted by Gasteiger charge is 2.33. The molecule has 2 heterocycles. The summed E-state index contributed by atoms with van der Waals surface area (Å²) in [7, 11) is 1.97. The Morgan fingerprint density at radius 1 is 1.43 bits per heavy atom. The molecule has 3 rings (SSSR count). The molecule has 0 saturated heterocycles. The number of phenols is 1. The van der Waals surface area contributed by atoms with Gasteiger partial charge in [0, 0.05) is 36.7 Å². The predicted octanol–water partition coefficient (Wildman–Crippen LogP) is 3.24. The van der Waals surface area contributed by atoms with Crippen molar-refractivity contribution in [1.29, 1.82) is 5.41 Å². The number of nitrogens with one attached hydrogen (secondary N) is 1. The fraction of sp³-hybridized carbons (Fsp3) is 0.333. The summed E-state index contributed by atoms with van der Waals surface area (Å²) in [6.07, 6.45) is 4.47. The zero-order valence-corrected chi connectivity index (χ0v) is 13.3. The zero-order chi connectivity index (χ0) is 16.6. The molecule has 1 aromatic rings. The Morgan fingerprint density at radius 2 is 2.22 bits per heavy atom. The van der Waals surface area contributed by atoms with Gasteiger partial charge in [0.2, 0.25) is 0 Å². The van der Waals surface area contributed by atoms with E-state index >= 15 is 0 Å². The lowest BCUT2D eigenvalue weighted by Gasteiger charge is -2.36. The van der Waals surface area contributed by atoms with Crippen molar-refractivity contribution in [2.24, 2.45) is 10.9 Å². The molecule has 0 bridgehead atoms. The molecule has 0 saturated carbocycles. The normalized spacial score (nSPS) is 21.2. The molecule has 4 nitrogen and oxygen atoms in total. The van der Waals surface area contributed by atoms with Crippen LogP contribution in [0.2, 0.25) is 0 Å². The number of fused-ring (bicyclic) bond motifs is 1. The van der Waals surface area contributed by atoms with Gasteiger partial charge in [-0.25, -0.2) is 4.39 Å². The van der Waals surface area contributed by atoms with E-state index in [4.69, 9.17) is 5.41 Å². The molecule has 0 aliphatic carbocycles. The Labute approximate surface area is 135 Å². The lowest BCUT2D eigenvalue weighted by Crippen LogP contribution is -2.40. The van der Waals surface area contributed by atoms with Crippen molar-refractivity contribution in [2.45, 2.75) is 13.3 Å². The maximum Gasteiger partial charge on any atom is 0.133 e. The Kier molecular flexibility index (Phi) is 4.03. The zero-order valence-electron chi connectivity index (χ0n) is 13.3. The fourth-order valence-electron chi connectivity index (χ4n) is 3.30. The van der Waals surface area contributed by atoms with Crippen LogP contribution in [0.1, 0.15) is 18.9 Å². The van der Waals surface area contributed by atoms with Crippen LogP contribution in [-0.2, 0) is 0 Å². The van der Waals surface area contributed by atoms with Crippen LogP contribution in [0.4, 0.5) is 4.39 Å². The third-order valence-corrected chi connectivity index (χ3v) is 4.40. The number of hydrogen-bond donors (Lipinski definition) is 2. The topological polar surface area (TPSA) is 59.7 Å². The van der Waals surface area contributed by atoms with Crippen molar-refractivity contribution in [2.75, 3.05) is 20.1 Å². The van der Waals surface area contributed by atoms with Crippen LogP contribution >= 0.6 is 0 Å². The summed E-state index contributed by atoms with van der Waals surface area (Å²) in [5.41, 5.74) is 2.60. The van der Waals surface area contributed by atoms with Gasteiger partial charge in [-0.15, -0.1) is 0 Å². The van der Waals surface area contributed by atoms with E-state index in [0.717, 1.165) is 36.0 Å². The smallest absolute Gasteiger partial charge is 0.133 e. The molecule has 0 radical (unpaired) electrons. The van der Waals surface area contributed by atoms with Gasteiger partial charge in [0.1, 0.15) is 17.4 Å². The number of amidine groups is 1. The number of rotatable bonds is 2. The molecule has 23 heavy (non-hydrogen) atoms. The van der Waals surface area contributed by atoms with Crippen molar-refractivity contribution in [3.8, 4) is 5.75 Å². The number of phenolic OH excluding ortho intramolecular Hbond substituents is 1. The number of nitrogens with zero attached hydrogens (tertiary/aromatic N) is 2. The van der Waals surface area contributed by atoms with Crippen LogP contribution in [-0.4, -0.2) is 41.7 Å². The summed E-state index contributed by atoms with van der Waals surface area (Å²) in [6, 6.07) is 4.07. The SMILES string of the molecule is CCC1CN(C)C2=NCC=CC(=N)C2=C1c1ccc(F)cc1O. The summed E-state index contributed by atoms with van der Waals surface area (Å²) in [5, 5.41) is 18.6. The third-order valence-electron chi connectivity index (χ3n) is 4.40. The predicted molar refractivity (Wildman–Crippen MR) is 90.6 cm³/mol. The average molecular weight is 313 g/mol. The summed E-state index contributed by atoms with van der Waals surface area (Å²) >= 11 is 0. The molecule has 0 fully saturated rings. The molecule has 1 unspecified atom stereocenters. The van der Waals surface area contributed by atoms with Crippen molar-refractivity contribution < 1.29 is 9.50 Å². The maximum atomic E-state index is 13.4. The largest absolute Gasteiger partial charge is 0.507 e. The number of halogens is 1. The minimum Gasteiger partial charge on any atom is -0.507 e. The molecule has 2 aliphatic heterocycles. The first kappa shape index (κ1) is 15.5. The van der Waals surface area contributed by atoms with E-state index in [-0.39, 0.29) is 11.7 Å². The third kappa shape index (κ3) is 2.67. The van der Waals surface area contributed by atoms with E-state index in [1.54, 1.807) is 12.1 Å². The molecule has 0 amide bonds. The highest BCUT2D eigenvalue weighted by Crippen LogP contribution is 2.39. The number of allylic oxidation sites excluding steroid dienone is 1. The van der Waals surface area contributed by atoms with Gasteiger partial charge in [-0.2, -0.15) is 0 Å². The quantitative estimate of drug-likeness (QED) is 0.880. The van der Waals surface area contributed by atoms with Gasteiger partial charge in [0.15, 0.2) is 0 Å². The van der Waals surface area contributed by atoms with Gasteiger partial charge < -0.3 is 15.4 Å². The van der Waals surface area contributed by atoms with E-state index < -0.39 is 5.82 Å². The molecule has 2 N–H and O–H groups in total. The van der Waals surface area contributed by atoms with Gasteiger partial charge >= 0.3 is 0 Å². The van der Waals surface area contributed by atoms with Gasteiger partial charge in [-0.05, 0) is 30.2 Å². The fourth-order valence-corrected chi connectivity index (χ4v) is 3.30. The maximum absolute atomic E-state index is 13.4. The highest BCUT2D eigenvalue weighted by atomic mass is 19.1. The van der Waals surface area contributed by atoms with Gasteiger partial charge in [-0.1, -0.05) is 13.0 Å². The minimum atomic E-state index is -0.470. The summed E-state index contributed by atoms with van der Waals surface area (Å²) < 4.78 is 13.4.